The predicted octanol–water partition coefficient (Wildman–Crippen LogP) is 6.08. The quantitative estimate of drug-likeness (QED) is 0.326. The molecule has 0 saturated heterocycles. The van der Waals surface area contributed by atoms with Crippen molar-refractivity contribution in [3.05, 3.63) is 48.1 Å². The zero-order valence-electron chi connectivity index (χ0n) is 16.0. The van der Waals surface area contributed by atoms with Crippen LogP contribution in [0.15, 0.2) is 42.5 Å². The third-order valence-electron chi connectivity index (χ3n) is 5.14. The van der Waals surface area contributed by atoms with E-state index in [9.17, 15) is 4.79 Å². The highest BCUT2D eigenvalue weighted by molar-refractivity contribution is 6.02. The monoisotopic (exact) mass is 340 g/mol. The average molecular weight is 341 g/mol. The second-order valence-corrected chi connectivity index (χ2v) is 7.49. The van der Waals surface area contributed by atoms with Crippen LogP contribution in [0.4, 0.5) is 0 Å². The van der Waals surface area contributed by atoms with Gasteiger partial charge in [0.05, 0.1) is 6.61 Å². The maximum atomic E-state index is 12.8. The zero-order valence-corrected chi connectivity index (χ0v) is 16.0. The molecule has 0 spiro atoms. The summed E-state index contributed by atoms with van der Waals surface area (Å²) in [4.78, 5) is 12.8. The van der Waals surface area contributed by atoms with E-state index in [1.807, 2.05) is 30.3 Å². The smallest absolute Gasteiger partial charge is 0.162 e. The van der Waals surface area contributed by atoms with E-state index in [1.165, 1.54) is 0 Å². The highest BCUT2D eigenvalue weighted by Gasteiger charge is 2.32. The molecule has 0 amide bonds. The van der Waals surface area contributed by atoms with Crippen molar-refractivity contribution in [1.82, 2.24) is 0 Å². The molecule has 0 heterocycles. The number of ketones is 1. The molecule has 1 aromatic carbocycles. The van der Waals surface area contributed by atoms with Crippen LogP contribution in [0, 0.1) is 17.8 Å². The Kier molecular flexibility index (Phi) is 7.49. The molecular formula is C23H32O2. The molecule has 2 unspecified atom stereocenters. The molecule has 0 bridgehead atoms. The number of ether oxygens (including phenoxy) is 1. The summed E-state index contributed by atoms with van der Waals surface area (Å²) < 4.78 is 5.77. The summed E-state index contributed by atoms with van der Waals surface area (Å²) in [6.07, 6.45) is 9.35. The van der Waals surface area contributed by atoms with Gasteiger partial charge in [0.2, 0.25) is 0 Å². The highest BCUT2D eigenvalue weighted by Crippen LogP contribution is 2.35. The van der Waals surface area contributed by atoms with Crippen molar-refractivity contribution in [3.63, 3.8) is 0 Å². The summed E-state index contributed by atoms with van der Waals surface area (Å²) in [5.74, 6) is 2.18. The Bertz CT molecular complexity index is 595. The Morgan fingerprint density at radius 3 is 2.56 bits per heavy atom. The number of rotatable bonds is 8. The third-order valence-corrected chi connectivity index (χ3v) is 5.14. The van der Waals surface area contributed by atoms with Gasteiger partial charge in [0.1, 0.15) is 5.75 Å². The van der Waals surface area contributed by atoms with Gasteiger partial charge in [-0.2, -0.15) is 0 Å². The van der Waals surface area contributed by atoms with E-state index in [0.717, 1.165) is 55.6 Å². The summed E-state index contributed by atoms with van der Waals surface area (Å²) in [6, 6.07) is 8.09. The molecule has 0 aliphatic heterocycles. The lowest BCUT2D eigenvalue weighted by Gasteiger charge is -2.30. The van der Waals surface area contributed by atoms with Crippen molar-refractivity contribution in [1.29, 1.82) is 0 Å². The van der Waals surface area contributed by atoms with Gasteiger partial charge in [0.15, 0.2) is 5.78 Å². The van der Waals surface area contributed by atoms with E-state index in [4.69, 9.17) is 4.74 Å². The standard InChI is InChI=1S/C23H32O2/c1-5-6-7-8-15-25-20-12-10-19(11-13-20)16-22-18(4)9-14-21(17(2)3)23(22)24/h5,10-13,16-18,21H,1,6-9,14-15H2,2-4H3/b22-16+. The number of carbonyl (C=O) groups is 1. The number of allylic oxidation sites excluding steroid dienone is 2. The molecule has 136 valence electrons. The Morgan fingerprint density at radius 1 is 1.20 bits per heavy atom. The maximum absolute atomic E-state index is 12.8. The van der Waals surface area contributed by atoms with E-state index in [-0.39, 0.29) is 5.92 Å². The molecule has 2 heteroatoms. The van der Waals surface area contributed by atoms with Crippen LogP contribution >= 0.6 is 0 Å². The fourth-order valence-electron chi connectivity index (χ4n) is 3.44. The van der Waals surface area contributed by atoms with Crippen LogP contribution in [0.25, 0.3) is 6.08 Å². The first-order valence-corrected chi connectivity index (χ1v) is 9.62. The predicted molar refractivity (Wildman–Crippen MR) is 106 cm³/mol. The lowest BCUT2D eigenvalue weighted by Crippen LogP contribution is -2.30. The van der Waals surface area contributed by atoms with Gasteiger partial charge >= 0.3 is 0 Å². The minimum absolute atomic E-state index is 0.181. The van der Waals surface area contributed by atoms with Crippen LogP contribution in [0.3, 0.4) is 0 Å². The lowest BCUT2D eigenvalue weighted by atomic mass is 9.73. The molecule has 1 aliphatic rings. The summed E-state index contributed by atoms with van der Waals surface area (Å²) in [5, 5.41) is 0. The molecule has 1 fully saturated rings. The second-order valence-electron chi connectivity index (χ2n) is 7.49. The number of hydrogen-bond acceptors (Lipinski definition) is 2. The second kappa shape index (κ2) is 9.60. The number of Topliss-reactive ketones (excluding diaryl/α,β-unsaturated/α-hetero) is 1. The van der Waals surface area contributed by atoms with Gasteiger partial charge in [-0.05, 0) is 73.3 Å². The molecule has 0 N–H and O–H groups in total. The molecule has 1 saturated carbocycles. The molecule has 2 atom stereocenters. The summed E-state index contributed by atoms with van der Waals surface area (Å²) >= 11 is 0. The minimum atomic E-state index is 0.181. The fraction of sp³-hybridized carbons (Fsp3) is 0.522. The van der Waals surface area contributed by atoms with Crippen LogP contribution in [0.5, 0.6) is 5.75 Å². The van der Waals surface area contributed by atoms with Crippen molar-refractivity contribution in [2.45, 2.75) is 52.9 Å². The van der Waals surface area contributed by atoms with E-state index in [0.29, 0.717) is 17.6 Å². The number of benzene rings is 1. The molecule has 0 radical (unpaired) electrons. The van der Waals surface area contributed by atoms with Gasteiger partial charge in [-0.1, -0.05) is 39.0 Å². The van der Waals surface area contributed by atoms with Crippen molar-refractivity contribution in [3.8, 4) is 5.75 Å². The van der Waals surface area contributed by atoms with E-state index in [1.54, 1.807) is 0 Å². The molecule has 25 heavy (non-hydrogen) atoms. The average Bonchev–Trinajstić information content (AvgIpc) is 2.59. The van der Waals surface area contributed by atoms with Crippen molar-refractivity contribution in [2.24, 2.45) is 17.8 Å². The lowest BCUT2D eigenvalue weighted by molar-refractivity contribution is -0.122. The normalized spacial score (nSPS) is 22.4. The van der Waals surface area contributed by atoms with Gasteiger partial charge in [-0.25, -0.2) is 0 Å². The van der Waals surface area contributed by atoms with Gasteiger partial charge in [0.25, 0.3) is 0 Å². The van der Waals surface area contributed by atoms with E-state index in [2.05, 4.69) is 33.4 Å². The SMILES string of the molecule is C=CCCCCOc1ccc(/C=C2/C(=O)C(C(C)C)CCC2C)cc1. The van der Waals surface area contributed by atoms with Crippen LogP contribution in [-0.2, 0) is 4.79 Å². The molecule has 2 rings (SSSR count). The van der Waals surface area contributed by atoms with E-state index >= 15 is 0 Å². The third kappa shape index (κ3) is 5.59. The van der Waals surface area contributed by atoms with Crippen LogP contribution in [0.2, 0.25) is 0 Å². The molecule has 1 aromatic rings. The zero-order chi connectivity index (χ0) is 18.2. The summed E-state index contributed by atoms with van der Waals surface area (Å²) in [5.41, 5.74) is 2.07. The summed E-state index contributed by atoms with van der Waals surface area (Å²) in [6.45, 7) is 10.9. The molecule has 2 nitrogen and oxygen atoms in total. The van der Waals surface area contributed by atoms with E-state index < -0.39 is 0 Å². The topological polar surface area (TPSA) is 26.3 Å². The first-order valence-electron chi connectivity index (χ1n) is 9.62. The highest BCUT2D eigenvalue weighted by atomic mass is 16.5. The Labute approximate surface area is 153 Å². The number of carbonyl (C=O) groups excluding carboxylic acids is 1. The fourth-order valence-corrected chi connectivity index (χ4v) is 3.44. The van der Waals surface area contributed by atoms with Gasteiger partial charge in [0, 0.05) is 5.92 Å². The Hall–Kier alpha value is -1.83. The first kappa shape index (κ1) is 19.5. The van der Waals surface area contributed by atoms with Crippen molar-refractivity contribution >= 4 is 11.9 Å². The molecule has 1 aliphatic carbocycles. The van der Waals surface area contributed by atoms with Crippen molar-refractivity contribution < 1.29 is 9.53 Å². The van der Waals surface area contributed by atoms with Crippen LogP contribution in [-0.4, -0.2) is 12.4 Å². The van der Waals surface area contributed by atoms with Crippen molar-refractivity contribution in [2.75, 3.05) is 6.61 Å². The molecular weight excluding hydrogens is 308 g/mol. The first-order chi connectivity index (χ1) is 12.0. The van der Waals surface area contributed by atoms with Crippen LogP contribution in [0.1, 0.15) is 58.4 Å². The molecule has 0 aromatic heterocycles. The largest absolute Gasteiger partial charge is 0.494 e. The Balaban J connectivity index is 1.99. The van der Waals surface area contributed by atoms with Gasteiger partial charge in [-0.3, -0.25) is 4.79 Å². The number of hydrogen-bond donors (Lipinski definition) is 0. The van der Waals surface area contributed by atoms with Gasteiger partial charge < -0.3 is 4.74 Å². The van der Waals surface area contributed by atoms with Gasteiger partial charge in [-0.15, -0.1) is 6.58 Å². The van der Waals surface area contributed by atoms with Crippen LogP contribution < -0.4 is 4.74 Å². The maximum Gasteiger partial charge on any atom is 0.162 e. The number of unbranched alkanes of at least 4 members (excludes halogenated alkanes) is 2. The minimum Gasteiger partial charge on any atom is -0.494 e. The summed E-state index contributed by atoms with van der Waals surface area (Å²) in [7, 11) is 0. The Morgan fingerprint density at radius 2 is 1.92 bits per heavy atom.